The molecule has 0 radical (unpaired) electrons. The molecule has 98 valence electrons. The topological polar surface area (TPSA) is 49.8 Å². The van der Waals surface area contributed by atoms with Crippen molar-refractivity contribution in [3.05, 3.63) is 28.2 Å². The van der Waals surface area contributed by atoms with E-state index in [1.54, 1.807) is 6.07 Å². The van der Waals surface area contributed by atoms with Gasteiger partial charge in [-0.15, -0.1) is 0 Å². The molecule has 0 aliphatic carbocycles. The van der Waals surface area contributed by atoms with Crippen molar-refractivity contribution in [1.82, 2.24) is 0 Å². The fraction of sp³-hybridized carbons (Fsp3) is 0.462. The summed E-state index contributed by atoms with van der Waals surface area (Å²) in [5.74, 6) is 0. The van der Waals surface area contributed by atoms with Crippen LogP contribution in [-0.2, 0) is 4.74 Å². The summed E-state index contributed by atoms with van der Waals surface area (Å²) >= 11 is 3.36. The molecule has 1 aromatic rings. The first-order valence-corrected chi connectivity index (χ1v) is 6.69. The van der Waals surface area contributed by atoms with Crippen LogP contribution in [0.4, 0.5) is 5.69 Å². The quantitative estimate of drug-likeness (QED) is 0.865. The van der Waals surface area contributed by atoms with Gasteiger partial charge in [-0.05, 0) is 25.1 Å². The Morgan fingerprint density at radius 2 is 2.33 bits per heavy atom. The highest BCUT2D eigenvalue weighted by Gasteiger charge is 2.26. The second-order valence-electron chi connectivity index (χ2n) is 4.48. The van der Waals surface area contributed by atoms with Gasteiger partial charge in [-0.25, -0.2) is 0 Å². The van der Waals surface area contributed by atoms with E-state index in [9.17, 15) is 9.90 Å². The van der Waals surface area contributed by atoms with Gasteiger partial charge >= 0.3 is 0 Å². The standard InChI is InChI=1S/C13H16BrNO3/c1-9-5-15(6-12(8-17)18-9)13-3-2-11(14)4-10(13)7-16/h2-4,7,9,12,17H,5-6,8H2,1H3. The SMILES string of the molecule is CC1CN(c2ccc(Br)cc2C=O)CC(CO)O1. The van der Waals surface area contributed by atoms with E-state index in [0.29, 0.717) is 12.1 Å². The smallest absolute Gasteiger partial charge is 0.152 e. The van der Waals surface area contributed by atoms with E-state index in [2.05, 4.69) is 20.8 Å². The average Bonchev–Trinajstić information content (AvgIpc) is 2.37. The number of nitrogens with zero attached hydrogens (tertiary/aromatic N) is 1. The van der Waals surface area contributed by atoms with Crippen LogP contribution in [0.25, 0.3) is 0 Å². The summed E-state index contributed by atoms with van der Waals surface area (Å²) in [6.45, 7) is 3.28. The van der Waals surface area contributed by atoms with Crippen LogP contribution in [0, 0.1) is 0 Å². The largest absolute Gasteiger partial charge is 0.394 e. The van der Waals surface area contributed by atoms with E-state index in [1.807, 2.05) is 19.1 Å². The lowest BCUT2D eigenvalue weighted by atomic mass is 10.1. The Morgan fingerprint density at radius 3 is 3.00 bits per heavy atom. The number of rotatable bonds is 3. The summed E-state index contributed by atoms with van der Waals surface area (Å²) < 4.78 is 6.48. The first-order valence-electron chi connectivity index (χ1n) is 5.90. The minimum atomic E-state index is -0.197. The van der Waals surface area contributed by atoms with Gasteiger partial charge in [0, 0.05) is 28.8 Å². The minimum absolute atomic E-state index is 0.00616. The van der Waals surface area contributed by atoms with Crippen molar-refractivity contribution in [3.63, 3.8) is 0 Å². The number of hydrogen-bond donors (Lipinski definition) is 1. The van der Waals surface area contributed by atoms with Crippen molar-refractivity contribution in [2.75, 3.05) is 24.6 Å². The van der Waals surface area contributed by atoms with E-state index in [1.165, 1.54) is 0 Å². The maximum absolute atomic E-state index is 11.1. The highest BCUT2D eigenvalue weighted by Crippen LogP contribution is 2.26. The van der Waals surface area contributed by atoms with Crippen LogP contribution in [0.3, 0.4) is 0 Å². The molecule has 2 rings (SSSR count). The highest BCUT2D eigenvalue weighted by atomic mass is 79.9. The minimum Gasteiger partial charge on any atom is -0.394 e. The van der Waals surface area contributed by atoms with E-state index < -0.39 is 0 Å². The van der Waals surface area contributed by atoms with E-state index in [0.717, 1.165) is 23.0 Å². The van der Waals surface area contributed by atoms with E-state index in [-0.39, 0.29) is 18.8 Å². The fourth-order valence-electron chi connectivity index (χ4n) is 2.25. The van der Waals surface area contributed by atoms with Crippen molar-refractivity contribution in [1.29, 1.82) is 0 Å². The lowest BCUT2D eigenvalue weighted by Crippen LogP contribution is -2.48. The molecule has 2 unspecified atom stereocenters. The van der Waals surface area contributed by atoms with Gasteiger partial charge in [-0.3, -0.25) is 4.79 Å². The lowest BCUT2D eigenvalue weighted by molar-refractivity contribution is -0.0421. The molecule has 2 atom stereocenters. The molecule has 1 fully saturated rings. The number of carbonyl (C=O) groups is 1. The number of carbonyl (C=O) groups excluding carboxylic acids is 1. The molecule has 1 N–H and O–H groups in total. The third-order valence-electron chi connectivity index (χ3n) is 2.99. The Hall–Kier alpha value is -0.910. The molecule has 0 spiro atoms. The van der Waals surface area contributed by atoms with Crippen LogP contribution >= 0.6 is 15.9 Å². The first-order chi connectivity index (χ1) is 8.63. The van der Waals surface area contributed by atoms with Crippen molar-refractivity contribution in [3.8, 4) is 0 Å². The average molecular weight is 314 g/mol. The lowest BCUT2D eigenvalue weighted by Gasteiger charge is -2.38. The third-order valence-corrected chi connectivity index (χ3v) is 3.48. The van der Waals surface area contributed by atoms with Crippen LogP contribution < -0.4 is 4.90 Å². The Morgan fingerprint density at radius 1 is 1.56 bits per heavy atom. The van der Waals surface area contributed by atoms with Crippen molar-refractivity contribution in [2.24, 2.45) is 0 Å². The molecule has 18 heavy (non-hydrogen) atoms. The van der Waals surface area contributed by atoms with Gasteiger partial charge in [0.2, 0.25) is 0 Å². The van der Waals surface area contributed by atoms with Gasteiger partial charge in [0.25, 0.3) is 0 Å². The van der Waals surface area contributed by atoms with E-state index >= 15 is 0 Å². The van der Waals surface area contributed by atoms with Crippen molar-refractivity contribution >= 4 is 27.9 Å². The summed E-state index contributed by atoms with van der Waals surface area (Å²) in [6.07, 6.45) is 0.699. The number of hydrogen-bond acceptors (Lipinski definition) is 4. The maximum Gasteiger partial charge on any atom is 0.152 e. The highest BCUT2D eigenvalue weighted by molar-refractivity contribution is 9.10. The zero-order chi connectivity index (χ0) is 13.1. The van der Waals surface area contributed by atoms with Gasteiger partial charge in [-0.2, -0.15) is 0 Å². The molecule has 1 heterocycles. The first kappa shape index (κ1) is 13.5. The van der Waals surface area contributed by atoms with Crippen LogP contribution in [-0.4, -0.2) is 43.3 Å². The molecule has 5 heteroatoms. The normalized spacial score (nSPS) is 24.1. The molecule has 1 aromatic carbocycles. The fourth-order valence-corrected chi connectivity index (χ4v) is 2.63. The predicted molar refractivity (Wildman–Crippen MR) is 73.2 cm³/mol. The Balaban J connectivity index is 2.27. The molecule has 0 saturated carbocycles. The van der Waals surface area contributed by atoms with Gasteiger partial charge < -0.3 is 14.7 Å². The summed E-state index contributed by atoms with van der Waals surface area (Å²) in [4.78, 5) is 13.2. The molecule has 4 nitrogen and oxygen atoms in total. The van der Waals surface area contributed by atoms with Crippen LogP contribution in [0.1, 0.15) is 17.3 Å². The van der Waals surface area contributed by atoms with Crippen LogP contribution in [0.15, 0.2) is 22.7 Å². The van der Waals surface area contributed by atoms with Crippen LogP contribution in [0.2, 0.25) is 0 Å². The third kappa shape index (κ3) is 2.91. The number of ether oxygens (including phenoxy) is 1. The second-order valence-corrected chi connectivity index (χ2v) is 5.39. The molecule has 0 bridgehead atoms. The maximum atomic E-state index is 11.1. The van der Waals surface area contributed by atoms with Crippen LogP contribution in [0.5, 0.6) is 0 Å². The van der Waals surface area contributed by atoms with Crippen molar-refractivity contribution < 1.29 is 14.6 Å². The summed E-state index contributed by atoms with van der Waals surface area (Å²) in [5.41, 5.74) is 1.54. The number of anilines is 1. The monoisotopic (exact) mass is 313 g/mol. The molecule has 1 aliphatic rings. The zero-order valence-corrected chi connectivity index (χ0v) is 11.8. The predicted octanol–water partition coefficient (Wildman–Crippen LogP) is 1.85. The van der Waals surface area contributed by atoms with Gasteiger partial charge in [-0.1, -0.05) is 15.9 Å². The molecule has 0 aromatic heterocycles. The summed E-state index contributed by atoms with van der Waals surface area (Å²) in [5, 5.41) is 9.22. The number of benzene rings is 1. The molecule has 1 saturated heterocycles. The molecule has 0 amide bonds. The molecular formula is C13H16BrNO3. The Labute approximate surface area is 115 Å². The number of morpholine rings is 1. The zero-order valence-electron chi connectivity index (χ0n) is 10.2. The number of aldehydes is 1. The summed E-state index contributed by atoms with van der Waals surface area (Å²) in [6, 6.07) is 5.63. The van der Waals surface area contributed by atoms with Gasteiger partial charge in [0.15, 0.2) is 6.29 Å². The van der Waals surface area contributed by atoms with E-state index in [4.69, 9.17) is 4.74 Å². The Bertz CT molecular complexity index is 438. The number of aliphatic hydroxyl groups excluding tert-OH is 1. The van der Waals surface area contributed by atoms with Gasteiger partial charge in [0.05, 0.1) is 18.8 Å². The summed E-state index contributed by atoms with van der Waals surface area (Å²) in [7, 11) is 0. The number of aliphatic hydroxyl groups is 1. The van der Waals surface area contributed by atoms with Gasteiger partial charge in [0.1, 0.15) is 0 Å². The number of halogens is 1. The Kier molecular flexibility index (Phi) is 4.37. The van der Waals surface area contributed by atoms with Crippen molar-refractivity contribution in [2.45, 2.75) is 19.1 Å². The second kappa shape index (κ2) is 5.82. The molecule has 1 aliphatic heterocycles. The molecular weight excluding hydrogens is 298 g/mol.